The van der Waals surface area contributed by atoms with Crippen LogP contribution in [0.4, 0.5) is 4.39 Å². The van der Waals surface area contributed by atoms with Crippen molar-refractivity contribution in [3.8, 4) is 0 Å². The van der Waals surface area contributed by atoms with Gasteiger partial charge in [0.2, 0.25) is 0 Å². The Labute approximate surface area is 115 Å². The van der Waals surface area contributed by atoms with Crippen LogP contribution in [-0.4, -0.2) is 32.3 Å². The molecule has 1 aliphatic rings. The molecule has 104 valence electrons. The second-order valence-electron chi connectivity index (χ2n) is 4.43. The molecule has 2 rings (SSSR count). The Hall–Kier alpha value is -1.14. The summed E-state index contributed by atoms with van der Waals surface area (Å²) in [5.74, 6) is -1.22. The number of amides is 1. The number of rotatable bonds is 2. The quantitative estimate of drug-likeness (QED) is 0.788. The van der Waals surface area contributed by atoms with Gasteiger partial charge in [0.1, 0.15) is 5.82 Å². The van der Waals surface area contributed by atoms with Crippen LogP contribution in [0.5, 0.6) is 0 Å². The molecule has 1 aliphatic heterocycles. The minimum atomic E-state index is -3.97. The Bertz CT molecular complexity index is 597. The predicted octanol–water partition coefficient (Wildman–Crippen LogP) is 2.38. The van der Waals surface area contributed by atoms with Crippen LogP contribution in [0.25, 0.3) is 0 Å². The highest BCUT2D eigenvalue weighted by Crippen LogP contribution is 2.21. The first kappa shape index (κ1) is 14.3. The fourth-order valence-electron chi connectivity index (χ4n) is 2.09. The smallest absolute Gasteiger partial charge is 0.261 e. The summed E-state index contributed by atoms with van der Waals surface area (Å²) in [7, 11) is 1.23. The number of benzene rings is 1. The molecule has 0 aromatic heterocycles. The molecule has 0 atom stereocenters. The number of nitrogens with zero attached hydrogens (tertiary/aromatic N) is 1. The minimum absolute atomic E-state index is 0.247. The number of halogens is 2. The highest BCUT2D eigenvalue weighted by atomic mass is 35.7. The minimum Gasteiger partial charge on any atom is -0.339 e. The fraction of sp³-hybridized carbons (Fsp3) is 0.417. The Balaban J connectivity index is 2.35. The van der Waals surface area contributed by atoms with Crippen molar-refractivity contribution < 1.29 is 17.6 Å². The fourth-order valence-corrected chi connectivity index (χ4v) is 2.86. The Morgan fingerprint density at radius 1 is 1.21 bits per heavy atom. The van der Waals surface area contributed by atoms with Crippen molar-refractivity contribution in [2.45, 2.75) is 24.2 Å². The monoisotopic (exact) mass is 305 g/mol. The van der Waals surface area contributed by atoms with Gasteiger partial charge in [0.05, 0.1) is 10.5 Å². The maximum Gasteiger partial charge on any atom is 0.261 e. The summed E-state index contributed by atoms with van der Waals surface area (Å²) in [5, 5.41) is 0. The van der Waals surface area contributed by atoms with E-state index in [0.717, 1.165) is 37.5 Å². The maximum atomic E-state index is 13.7. The molecule has 1 amide bonds. The molecule has 0 saturated carbocycles. The number of hydrogen-bond acceptors (Lipinski definition) is 3. The molecule has 1 fully saturated rings. The van der Waals surface area contributed by atoms with Gasteiger partial charge in [0.15, 0.2) is 0 Å². The average molecular weight is 306 g/mol. The predicted molar refractivity (Wildman–Crippen MR) is 69.2 cm³/mol. The van der Waals surface area contributed by atoms with E-state index < -0.39 is 20.8 Å². The highest BCUT2D eigenvalue weighted by Gasteiger charge is 2.23. The first-order valence-electron chi connectivity index (χ1n) is 5.93. The van der Waals surface area contributed by atoms with Crippen molar-refractivity contribution in [2.24, 2.45) is 0 Å². The Morgan fingerprint density at radius 2 is 1.84 bits per heavy atom. The number of carbonyl (C=O) groups is 1. The lowest BCUT2D eigenvalue weighted by atomic mass is 10.1. The average Bonchev–Trinajstić information content (AvgIpc) is 2.38. The van der Waals surface area contributed by atoms with Gasteiger partial charge in [-0.1, -0.05) is 0 Å². The number of carbonyl (C=O) groups excluding carboxylic acids is 1. The third-order valence-electron chi connectivity index (χ3n) is 3.09. The van der Waals surface area contributed by atoms with Crippen LogP contribution in [0, 0.1) is 5.82 Å². The van der Waals surface area contributed by atoms with Gasteiger partial charge in [-0.05, 0) is 37.5 Å². The molecular formula is C12H13ClFNO3S. The van der Waals surface area contributed by atoms with Crippen molar-refractivity contribution in [2.75, 3.05) is 13.1 Å². The second kappa shape index (κ2) is 5.46. The Morgan fingerprint density at radius 3 is 2.42 bits per heavy atom. The van der Waals surface area contributed by atoms with Gasteiger partial charge in [0, 0.05) is 23.8 Å². The zero-order valence-electron chi connectivity index (χ0n) is 10.1. The normalized spacial score (nSPS) is 16.4. The van der Waals surface area contributed by atoms with E-state index in [1.807, 2.05) is 0 Å². The molecule has 0 unspecified atom stereocenters. The number of piperidine rings is 1. The molecule has 0 spiro atoms. The lowest BCUT2D eigenvalue weighted by molar-refractivity contribution is 0.0719. The van der Waals surface area contributed by atoms with Crippen molar-refractivity contribution in [3.05, 3.63) is 29.6 Å². The summed E-state index contributed by atoms with van der Waals surface area (Å²) in [5.41, 5.74) is -0.247. The lowest BCUT2D eigenvalue weighted by Gasteiger charge is -2.26. The van der Waals surface area contributed by atoms with Gasteiger partial charge >= 0.3 is 0 Å². The zero-order valence-corrected chi connectivity index (χ0v) is 11.7. The molecule has 19 heavy (non-hydrogen) atoms. The van der Waals surface area contributed by atoms with Crippen molar-refractivity contribution in [3.63, 3.8) is 0 Å². The van der Waals surface area contributed by atoms with Crippen LogP contribution in [-0.2, 0) is 9.05 Å². The summed E-state index contributed by atoms with van der Waals surface area (Å²) in [4.78, 5) is 13.4. The standard InChI is InChI=1S/C12H13ClFNO3S/c13-19(17,18)9-4-5-11(14)10(8-9)12(16)15-6-2-1-3-7-15/h4-5,8H,1-3,6-7H2. The number of likely N-dealkylation sites (tertiary alicyclic amines) is 1. The van der Waals surface area contributed by atoms with Gasteiger partial charge in [-0.15, -0.1) is 0 Å². The van der Waals surface area contributed by atoms with E-state index in [0.29, 0.717) is 13.1 Å². The second-order valence-corrected chi connectivity index (χ2v) is 7.00. The Kier molecular flexibility index (Phi) is 4.10. The molecular weight excluding hydrogens is 293 g/mol. The van der Waals surface area contributed by atoms with E-state index in [-0.39, 0.29) is 10.5 Å². The molecule has 1 saturated heterocycles. The zero-order chi connectivity index (χ0) is 14.0. The van der Waals surface area contributed by atoms with Gasteiger partial charge in [-0.25, -0.2) is 12.8 Å². The molecule has 0 radical (unpaired) electrons. The molecule has 0 aliphatic carbocycles. The summed E-state index contributed by atoms with van der Waals surface area (Å²) < 4.78 is 36.1. The van der Waals surface area contributed by atoms with E-state index in [2.05, 4.69) is 0 Å². The van der Waals surface area contributed by atoms with Crippen LogP contribution in [0.3, 0.4) is 0 Å². The lowest BCUT2D eigenvalue weighted by Crippen LogP contribution is -2.36. The third-order valence-corrected chi connectivity index (χ3v) is 4.44. The van der Waals surface area contributed by atoms with E-state index in [9.17, 15) is 17.6 Å². The number of hydrogen-bond donors (Lipinski definition) is 0. The molecule has 4 nitrogen and oxygen atoms in total. The third kappa shape index (κ3) is 3.25. The van der Waals surface area contributed by atoms with E-state index in [1.54, 1.807) is 0 Å². The van der Waals surface area contributed by atoms with E-state index >= 15 is 0 Å². The topological polar surface area (TPSA) is 54.5 Å². The molecule has 1 aromatic carbocycles. The van der Waals surface area contributed by atoms with Gasteiger partial charge in [0.25, 0.3) is 15.0 Å². The highest BCUT2D eigenvalue weighted by molar-refractivity contribution is 8.13. The first-order valence-corrected chi connectivity index (χ1v) is 8.24. The summed E-state index contributed by atoms with van der Waals surface area (Å²) in [6, 6.07) is 2.99. The molecule has 0 bridgehead atoms. The van der Waals surface area contributed by atoms with Gasteiger partial charge in [-0.3, -0.25) is 4.79 Å². The van der Waals surface area contributed by atoms with Crippen LogP contribution < -0.4 is 0 Å². The molecule has 1 aromatic rings. The van der Waals surface area contributed by atoms with Crippen molar-refractivity contribution in [1.29, 1.82) is 0 Å². The van der Waals surface area contributed by atoms with Crippen molar-refractivity contribution >= 4 is 25.6 Å². The molecule has 1 heterocycles. The first-order chi connectivity index (χ1) is 8.89. The van der Waals surface area contributed by atoms with Crippen LogP contribution in [0.15, 0.2) is 23.1 Å². The summed E-state index contributed by atoms with van der Waals surface area (Å²) >= 11 is 0. The van der Waals surface area contributed by atoms with Crippen molar-refractivity contribution in [1.82, 2.24) is 4.90 Å². The van der Waals surface area contributed by atoms with Gasteiger partial charge < -0.3 is 4.90 Å². The summed E-state index contributed by atoms with van der Waals surface area (Å²) in [6.45, 7) is 1.13. The SMILES string of the molecule is O=C(c1cc(S(=O)(=O)Cl)ccc1F)N1CCCCC1. The van der Waals surface area contributed by atoms with Crippen LogP contribution >= 0.6 is 10.7 Å². The van der Waals surface area contributed by atoms with E-state index in [4.69, 9.17) is 10.7 Å². The maximum absolute atomic E-state index is 13.7. The van der Waals surface area contributed by atoms with E-state index in [1.165, 1.54) is 4.90 Å². The van der Waals surface area contributed by atoms with Gasteiger partial charge in [-0.2, -0.15) is 0 Å². The molecule has 0 N–H and O–H groups in total. The summed E-state index contributed by atoms with van der Waals surface area (Å²) in [6.07, 6.45) is 2.80. The van der Waals surface area contributed by atoms with Crippen LogP contribution in [0.2, 0.25) is 0 Å². The van der Waals surface area contributed by atoms with Crippen LogP contribution in [0.1, 0.15) is 29.6 Å². The molecule has 7 heteroatoms. The largest absolute Gasteiger partial charge is 0.339 e.